The van der Waals surface area contributed by atoms with Crippen molar-refractivity contribution in [1.82, 2.24) is 0 Å². The summed E-state index contributed by atoms with van der Waals surface area (Å²) in [6.45, 7) is 2.01. The molecule has 2 fully saturated rings. The van der Waals surface area contributed by atoms with Gasteiger partial charge in [-0.1, -0.05) is 51.2 Å². The number of carbonyl (C=O) groups excluding carboxylic acids is 1. The molecule has 1 N–H and O–H groups in total. The number of hydrogen-bond donors (Lipinski definition) is 1. The Bertz CT molecular complexity index is 848. The van der Waals surface area contributed by atoms with Gasteiger partial charge in [-0.15, -0.1) is 0 Å². The summed E-state index contributed by atoms with van der Waals surface area (Å²) in [6.07, 6.45) is 10.6. The molecule has 2 aliphatic carbocycles. The molecule has 6 nitrogen and oxygen atoms in total. The van der Waals surface area contributed by atoms with E-state index in [0.717, 1.165) is 57.8 Å². The zero-order chi connectivity index (χ0) is 22.0. The Morgan fingerprint density at radius 2 is 1.77 bits per heavy atom. The highest BCUT2D eigenvalue weighted by Gasteiger charge is 2.54. The molecule has 31 heavy (non-hydrogen) atoms. The lowest BCUT2D eigenvalue weighted by Crippen LogP contribution is -2.51. The van der Waals surface area contributed by atoms with Gasteiger partial charge in [0.1, 0.15) is 11.4 Å². The summed E-state index contributed by atoms with van der Waals surface area (Å²) in [5, 5.41) is 22.5. The quantitative estimate of drug-likeness (QED) is 0.311. The third kappa shape index (κ3) is 4.09. The van der Waals surface area contributed by atoms with E-state index in [1.807, 2.05) is 6.92 Å². The highest BCUT2D eigenvalue weighted by molar-refractivity contribution is 5.92. The molecule has 1 unspecified atom stereocenters. The number of aliphatic hydroxyl groups is 1. The molecule has 0 spiro atoms. The summed E-state index contributed by atoms with van der Waals surface area (Å²) < 4.78 is 6.36. The number of nitro benzene ring substituents is 1. The molecular weight excluding hydrogens is 394 g/mol. The predicted octanol–water partition coefficient (Wildman–Crippen LogP) is 6.36. The molecule has 1 aromatic carbocycles. The van der Waals surface area contributed by atoms with Gasteiger partial charge in [-0.3, -0.25) is 10.1 Å². The Balaban J connectivity index is 1.72. The fourth-order valence-electron chi connectivity index (χ4n) is 6.32. The minimum atomic E-state index is -0.586. The molecule has 3 aliphatic rings. The van der Waals surface area contributed by atoms with Crippen LogP contribution < -0.4 is 0 Å². The van der Waals surface area contributed by atoms with E-state index in [-0.39, 0.29) is 11.4 Å². The average Bonchev–Trinajstić information content (AvgIpc) is 3.47. The Kier molecular flexibility index (Phi) is 6.35. The maximum Gasteiger partial charge on any atom is 0.338 e. The summed E-state index contributed by atoms with van der Waals surface area (Å²) in [4.78, 5) is 24.3. The first-order valence-corrected chi connectivity index (χ1v) is 11.9. The SMILES string of the molecule is CCCC(C1=C(O)CC(C2CCCC2)(C2CCCC2)OC1=O)c1cccc([N+](=O)[O-])c1. The molecule has 0 saturated heterocycles. The van der Waals surface area contributed by atoms with Crippen molar-refractivity contribution in [2.45, 2.75) is 89.1 Å². The van der Waals surface area contributed by atoms with Crippen LogP contribution in [0.2, 0.25) is 0 Å². The number of rotatable bonds is 7. The van der Waals surface area contributed by atoms with Crippen molar-refractivity contribution < 1.29 is 19.6 Å². The maximum absolute atomic E-state index is 13.5. The maximum atomic E-state index is 13.5. The second kappa shape index (κ2) is 9.01. The number of ether oxygens (including phenoxy) is 1. The monoisotopic (exact) mass is 427 g/mol. The largest absolute Gasteiger partial charge is 0.512 e. The normalized spacial score (nSPS) is 23.2. The second-order valence-corrected chi connectivity index (χ2v) is 9.54. The number of nitrogens with zero attached hydrogens (tertiary/aromatic N) is 1. The van der Waals surface area contributed by atoms with Crippen LogP contribution in [-0.4, -0.2) is 21.6 Å². The number of cyclic esters (lactones) is 1. The first-order valence-electron chi connectivity index (χ1n) is 11.9. The van der Waals surface area contributed by atoms with Gasteiger partial charge in [-0.2, -0.15) is 0 Å². The van der Waals surface area contributed by atoms with Crippen molar-refractivity contribution in [3.8, 4) is 0 Å². The summed E-state index contributed by atoms with van der Waals surface area (Å²) in [7, 11) is 0. The van der Waals surface area contributed by atoms with Gasteiger partial charge in [-0.25, -0.2) is 4.79 Å². The Labute approximate surface area is 183 Å². The van der Waals surface area contributed by atoms with Gasteiger partial charge in [-0.05, 0) is 49.5 Å². The van der Waals surface area contributed by atoms with Crippen molar-refractivity contribution in [1.29, 1.82) is 0 Å². The van der Waals surface area contributed by atoms with Crippen LogP contribution in [0.15, 0.2) is 35.6 Å². The smallest absolute Gasteiger partial charge is 0.338 e. The Morgan fingerprint density at radius 1 is 1.16 bits per heavy atom. The standard InChI is InChI=1S/C25H33NO5/c1-2-8-21(17-9-7-14-20(15-17)26(29)30)23-22(27)16-25(31-24(23)28,18-10-3-4-11-18)19-12-5-6-13-19/h7,9,14-15,18-19,21,27H,2-6,8,10-13,16H2,1H3. The van der Waals surface area contributed by atoms with Crippen molar-refractivity contribution in [2.24, 2.45) is 11.8 Å². The fraction of sp³-hybridized carbons (Fsp3) is 0.640. The third-order valence-corrected chi connectivity index (χ3v) is 7.76. The predicted molar refractivity (Wildman–Crippen MR) is 118 cm³/mol. The number of hydrogen-bond acceptors (Lipinski definition) is 5. The summed E-state index contributed by atoms with van der Waals surface area (Å²) in [6, 6.07) is 6.41. The van der Waals surface area contributed by atoms with E-state index in [1.54, 1.807) is 12.1 Å². The minimum absolute atomic E-state index is 0.00544. The van der Waals surface area contributed by atoms with Crippen molar-refractivity contribution in [3.05, 3.63) is 51.3 Å². The lowest BCUT2D eigenvalue weighted by atomic mass is 9.70. The highest BCUT2D eigenvalue weighted by atomic mass is 16.6. The van der Waals surface area contributed by atoms with Crippen LogP contribution in [0.4, 0.5) is 5.69 Å². The number of benzene rings is 1. The van der Waals surface area contributed by atoms with Gasteiger partial charge >= 0.3 is 5.97 Å². The van der Waals surface area contributed by atoms with Gasteiger partial charge in [0, 0.05) is 24.5 Å². The van der Waals surface area contributed by atoms with Crippen LogP contribution in [0, 0.1) is 22.0 Å². The minimum Gasteiger partial charge on any atom is -0.512 e. The molecule has 0 radical (unpaired) electrons. The number of nitro groups is 1. The molecular formula is C25H33NO5. The first kappa shape index (κ1) is 21.8. The number of carbonyl (C=O) groups is 1. The lowest BCUT2D eigenvalue weighted by molar-refractivity contribution is -0.384. The molecule has 168 valence electrons. The summed E-state index contributed by atoms with van der Waals surface area (Å²) in [5.74, 6) is -0.0635. The van der Waals surface area contributed by atoms with Gasteiger partial charge in [0.25, 0.3) is 5.69 Å². The molecule has 1 aromatic rings. The average molecular weight is 428 g/mol. The van der Waals surface area contributed by atoms with E-state index in [2.05, 4.69) is 0 Å². The zero-order valence-electron chi connectivity index (χ0n) is 18.3. The number of non-ortho nitro benzene ring substituents is 1. The van der Waals surface area contributed by atoms with Crippen LogP contribution in [0.3, 0.4) is 0 Å². The Morgan fingerprint density at radius 3 is 2.29 bits per heavy atom. The Hall–Kier alpha value is -2.37. The number of esters is 1. The number of aliphatic hydroxyl groups excluding tert-OH is 1. The van der Waals surface area contributed by atoms with Crippen molar-refractivity contribution in [2.75, 3.05) is 0 Å². The zero-order valence-corrected chi connectivity index (χ0v) is 18.3. The lowest BCUT2D eigenvalue weighted by Gasteiger charge is -2.46. The third-order valence-electron chi connectivity index (χ3n) is 7.76. The van der Waals surface area contributed by atoms with Crippen LogP contribution >= 0.6 is 0 Å². The van der Waals surface area contributed by atoms with Crippen molar-refractivity contribution >= 4 is 11.7 Å². The van der Waals surface area contributed by atoms with Crippen LogP contribution in [-0.2, 0) is 9.53 Å². The molecule has 1 atom stereocenters. The molecule has 2 saturated carbocycles. The summed E-state index contributed by atoms with van der Waals surface area (Å²) in [5.41, 5.74) is 0.392. The first-order chi connectivity index (χ1) is 15.0. The van der Waals surface area contributed by atoms with Crippen LogP contribution in [0.25, 0.3) is 0 Å². The molecule has 1 aliphatic heterocycles. The topological polar surface area (TPSA) is 89.7 Å². The van der Waals surface area contributed by atoms with Gasteiger partial charge < -0.3 is 9.84 Å². The molecule has 0 aromatic heterocycles. The van der Waals surface area contributed by atoms with Crippen LogP contribution in [0.5, 0.6) is 0 Å². The van der Waals surface area contributed by atoms with E-state index < -0.39 is 22.4 Å². The molecule has 0 bridgehead atoms. The van der Waals surface area contributed by atoms with Gasteiger partial charge in [0.15, 0.2) is 0 Å². The van der Waals surface area contributed by atoms with E-state index in [4.69, 9.17) is 4.74 Å². The van der Waals surface area contributed by atoms with Gasteiger partial charge in [0.2, 0.25) is 0 Å². The fourth-order valence-corrected chi connectivity index (χ4v) is 6.32. The van der Waals surface area contributed by atoms with Gasteiger partial charge in [0.05, 0.1) is 10.5 Å². The van der Waals surface area contributed by atoms with E-state index in [1.165, 1.54) is 12.1 Å². The second-order valence-electron chi connectivity index (χ2n) is 9.54. The van der Waals surface area contributed by atoms with Crippen molar-refractivity contribution in [3.63, 3.8) is 0 Å². The highest BCUT2D eigenvalue weighted by Crippen LogP contribution is 2.53. The molecule has 4 rings (SSSR count). The van der Waals surface area contributed by atoms with E-state index in [0.29, 0.717) is 35.8 Å². The molecule has 6 heteroatoms. The summed E-state index contributed by atoms with van der Waals surface area (Å²) >= 11 is 0. The molecule has 1 heterocycles. The van der Waals surface area contributed by atoms with E-state index in [9.17, 15) is 20.0 Å². The van der Waals surface area contributed by atoms with E-state index >= 15 is 0 Å². The molecule has 0 amide bonds. The van der Waals surface area contributed by atoms with Crippen LogP contribution in [0.1, 0.15) is 89.0 Å².